The second kappa shape index (κ2) is 74.8. The number of hydrogen-bond acceptors (Lipinski definition) is 20. The number of esters is 4. The fourth-order valence-electron chi connectivity index (χ4n) is 16.4. The van der Waals surface area contributed by atoms with Gasteiger partial charge in [0, 0.05) is 12.8 Å². The third kappa shape index (κ3) is 59.3. The lowest BCUT2D eigenvalue weighted by Crippen LogP contribution is -2.68. The average molecular weight is 1720 g/mol. The summed E-state index contributed by atoms with van der Waals surface area (Å²) < 4.78 is 61.8. The van der Waals surface area contributed by atoms with Gasteiger partial charge >= 0.3 is 31.7 Å². The molecule has 2 rings (SSSR count). The first-order chi connectivity index (χ1) is 57.6. The number of ether oxygens (including phenoxy) is 7. The summed E-state index contributed by atoms with van der Waals surface area (Å²) in [5.74, 6) is -4.56. The molecule has 0 aromatic heterocycles. The van der Waals surface area contributed by atoms with Crippen molar-refractivity contribution in [1.29, 1.82) is 0 Å². The highest BCUT2D eigenvalue weighted by atomic mass is 31.2. The summed E-state index contributed by atoms with van der Waals surface area (Å²) in [5, 5.41) is 63.2. The van der Waals surface area contributed by atoms with Crippen molar-refractivity contribution in [2.75, 3.05) is 13.2 Å². The van der Waals surface area contributed by atoms with Crippen LogP contribution < -0.4 is 10.6 Å². The molecule has 700 valence electrons. The largest absolute Gasteiger partial charge is 0.470 e. The fourth-order valence-corrected chi connectivity index (χ4v) is 16.9. The molecule has 0 spiro atoms. The van der Waals surface area contributed by atoms with Crippen LogP contribution in [0.5, 0.6) is 0 Å². The molecular weight excluding hydrogens is 1540 g/mol. The Morgan fingerprint density at radius 3 is 1.03 bits per heavy atom. The van der Waals surface area contributed by atoms with Crippen molar-refractivity contribution in [2.45, 2.75) is 551 Å². The summed E-state index contributed by atoms with van der Waals surface area (Å²) in [6, 6.07) is -3.47. The zero-order chi connectivity index (χ0) is 87.2. The Hall–Kier alpha value is -3.39. The molecule has 0 aromatic rings. The predicted molar refractivity (Wildman–Crippen MR) is 470 cm³/mol. The molecule has 2 amide bonds. The molecule has 0 saturated carbocycles. The highest BCUT2D eigenvalue weighted by molar-refractivity contribution is 7.46. The lowest BCUT2D eigenvalue weighted by Gasteiger charge is -2.46. The second-order valence-electron chi connectivity index (χ2n) is 35.0. The molecule has 2 aliphatic rings. The van der Waals surface area contributed by atoms with E-state index in [9.17, 15) is 63.9 Å². The zero-order valence-electron chi connectivity index (χ0n) is 75.9. The van der Waals surface area contributed by atoms with Crippen LogP contribution in [0, 0.1) is 0 Å². The minimum atomic E-state index is -5.62. The molecule has 0 aliphatic carbocycles. The quantitative estimate of drug-likeness (QED) is 0.0118. The summed E-state index contributed by atoms with van der Waals surface area (Å²) >= 11 is 0. The van der Waals surface area contributed by atoms with E-state index in [1.807, 2.05) is 0 Å². The molecule has 14 atom stereocenters. The Kier molecular flexibility index (Phi) is 70.2. The Bertz CT molecular complexity index is 2520. The minimum Gasteiger partial charge on any atom is -0.462 e. The molecule has 119 heavy (non-hydrogen) atoms. The van der Waals surface area contributed by atoms with Crippen LogP contribution in [0.15, 0.2) is 0 Å². The van der Waals surface area contributed by atoms with Crippen LogP contribution in [-0.4, -0.2) is 170 Å². The van der Waals surface area contributed by atoms with Crippen molar-refractivity contribution in [3.8, 4) is 0 Å². The summed E-state index contributed by atoms with van der Waals surface area (Å²) in [5.41, 5.74) is 0. The summed E-state index contributed by atoms with van der Waals surface area (Å²) in [4.78, 5) is 107. The van der Waals surface area contributed by atoms with Gasteiger partial charge in [-0.05, 0) is 51.4 Å². The fraction of sp³-hybridized carbons (Fsp3) is 0.936. The number of phosphoric acid groups is 1. The van der Waals surface area contributed by atoms with Crippen molar-refractivity contribution >= 4 is 43.5 Å². The molecule has 2 heterocycles. The maximum atomic E-state index is 15.1. The molecule has 9 N–H and O–H groups in total. The van der Waals surface area contributed by atoms with Crippen molar-refractivity contribution in [3.05, 3.63) is 0 Å². The number of aliphatic hydroxyl groups excluding tert-OH is 5. The number of unbranched alkanes of at least 4 members (excludes halogenated alkanes) is 50. The van der Waals surface area contributed by atoms with Crippen LogP contribution in [0.3, 0.4) is 0 Å². The average Bonchev–Trinajstić information content (AvgIpc) is 0.784. The van der Waals surface area contributed by atoms with Crippen molar-refractivity contribution in [1.82, 2.24) is 10.6 Å². The summed E-state index contributed by atoms with van der Waals surface area (Å²) in [6.45, 7) is 11.2. The summed E-state index contributed by atoms with van der Waals surface area (Å²) in [6.07, 6.45) is 38.1. The lowest BCUT2D eigenvalue weighted by atomic mass is 9.95. The molecular formula is C94H177N2O22P. The van der Waals surface area contributed by atoms with Gasteiger partial charge in [0.1, 0.15) is 48.7 Å². The maximum Gasteiger partial charge on any atom is 0.470 e. The van der Waals surface area contributed by atoms with Crippen LogP contribution in [0.2, 0.25) is 0 Å². The lowest BCUT2D eigenvalue weighted by molar-refractivity contribution is -0.298. The normalized spacial score (nSPS) is 20.5. The van der Waals surface area contributed by atoms with E-state index in [0.717, 1.165) is 205 Å². The van der Waals surface area contributed by atoms with Gasteiger partial charge in [-0.1, -0.05) is 375 Å². The molecule has 25 heteroatoms. The van der Waals surface area contributed by atoms with Crippen LogP contribution in [0.25, 0.3) is 0 Å². The first-order valence-corrected chi connectivity index (χ1v) is 50.5. The van der Waals surface area contributed by atoms with Crippen molar-refractivity contribution < 1.29 is 106 Å². The molecule has 0 aromatic carbocycles. The van der Waals surface area contributed by atoms with Crippen LogP contribution >= 0.6 is 7.82 Å². The highest BCUT2D eigenvalue weighted by Crippen LogP contribution is 2.43. The Labute approximate surface area is 721 Å². The molecule has 24 nitrogen and oxygen atoms in total. The zero-order valence-corrected chi connectivity index (χ0v) is 76.8. The van der Waals surface area contributed by atoms with Gasteiger partial charge in [-0.25, -0.2) is 4.57 Å². The van der Waals surface area contributed by atoms with Gasteiger partial charge in [0.2, 0.25) is 11.8 Å². The number of nitrogens with one attached hydrogen (secondary N) is 2. The van der Waals surface area contributed by atoms with Gasteiger partial charge in [0.15, 0.2) is 24.8 Å². The van der Waals surface area contributed by atoms with E-state index in [2.05, 4.69) is 52.2 Å². The van der Waals surface area contributed by atoms with E-state index >= 15 is 4.79 Å². The van der Waals surface area contributed by atoms with Gasteiger partial charge in [-0.15, -0.1) is 0 Å². The van der Waals surface area contributed by atoms with Crippen molar-refractivity contribution in [2.24, 2.45) is 0 Å². The van der Waals surface area contributed by atoms with Gasteiger partial charge < -0.3 is 79.1 Å². The highest BCUT2D eigenvalue weighted by Gasteiger charge is 2.54. The van der Waals surface area contributed by atoms with Gasteiger partial charge in [0.05, 0.1) is 51.1 Å². The van der Waals surface area contributed by atoms with E-state index in [4.69, 9.17) is 37.7 Å². The summed E-state index contributed by atoms with van der Waals surface area (Å²) in [7, 11) is -5.62. The maximum absolute atomic E-state index is 15.1. The first kappa shape index (κ1) is 112. The topological polar surface area (TPSA) is 359 Å². The number of phosphoric ester groups is 1. The van der Waals surface area contributed by atoms with Crippen molar-refractivity contribution in [3.63, 3.8) is 0 Å². The molecule has 5 unspecified atom stereocenters. The number of carbonyl (C=O) groups is 6. The third-order valence-electron chi connectivity index (χ3n) is 23.6. The van der Waals surface area contributed by atoms with E-state index in [1.165, 1.54) is 116 Å². The van der Waals surface area contributed by atoms with Crippen LogP contribution in [0.4, 0.5) is 0 Å². The Morgan fingerprint density at radius 1 is 0.353 bits per heavy atom. The number of amides is 2. The second-order valence-corrected chi connectivity index (χ2v) is 36.1. The molecule has 2 saturated heterocycles. The smallest absolute Gasteiger partial charge is 0.462 e. The van der Waals surface area contributed by atoms with Crippen LogP contribution in [-0.2, 0) is 71.0 Å². The SMILES string of the molecule is CCCCCCCCCCCCCC(=O)O[C@H](CCCCCCCCCCC)CC(=O)O[C@@H]1C(NC(=O)C[C@@H](CCCCCCCCCCC)OC(=O)CCCCCCCCCCC)[C@H](OCC2OC(O)C(NC(=O)C[C@H](O)CCCCCCCCCCC)[C@@H](OC(=O)C[C@H](O)CCCCCCCCCCC)[C@@H]2O)OC(CO)[C@H]1OP(=O)(O)O. The number of carbonyl (C=O) groups excluding carboxylic acids is 6. The first-order valence-electron chi connectivity index (χ1n) is 49.0. The van der Waals surface area contributed by atoms with Gasteiger partial charge in [0.25, 0.3) is 0 Å². The standard InChI is InChI=1S/C94H177N2O22P/c1-7-13-19-25-31-37-38-44-50-56-62-68-84(103)113-78(66-60-54-48-42-35-29-23-17-11-5)72-86(105)117-92-88(96-82(101)71-77(65-59-53-47-41-34-28-22-16-10-4)112-83(102)67-61-55-49-43-36-30-24-18-12-6)94(115-79(73-97)90(92)118-119(108,109)110)111-74-80-89(106)91(116-85(104)70-76(99)64-58-52-46-40-33-27-21-15-9-3)87(93(107)114-80)95-81(100)69-75(98)63-57-51-45-39-32-26-20-14-8-2/h75-80,87-94,97-99,106-107H,7-74H2,1-6H3,(H,95,100)(H,96,101)(H2,108,109,110)/t75-,76-,77-,78-,79?,80?,87?,88?,89-,90-,91-,92-,93?,94-/m1/s1. The number of aliphatic hydroxyl groups is 5. The van der Waals surface area contributed by atoms with Gasteiger partial charge in [-0.2, -0.15) is 0 Å². The predicted octanol–water partition coefficient (Wildman–Crippen LogP) is 20.5. The Morgan fingerprint density at radius 2 is 0.664 bits per heavy atom. The number of hydrogen-bond donors (Lipinski definition) is 9. The molecule has 0 radical (unpaired) electrons. The molecule has 2 aliphatic heterocycles. The van der Waals surface area contributed by atoms with E-state index in [1.54, 1.807) is 0 Å². The monoisotopic (exact) mass is 1720 g/mol. The Balaban J connectivity index is 2.73. The van der Waals surface area contributed by atoms with E-state index in [-0.39, 0.29) is 25.7 Å². The third-order valence-corrected chi connectivity index (χ3v) is 24.1. The van der Waals surface area contributed by atoms with Crippen LogP contribution in [0.1, 0.15) is 465 Å². The number of rotatable bonds is 82. The minimum absolute atomic E-state index is 0.111. The molecule has 0 bridgehead atoms. The van der Waals surface area contributed by atoms with E-state index < -0.39 is 168 Å². The molecule has 2 fully saturated rings. The van der Waals surface area contributed by atoms with Gasteiger partial charge in [-0.3, -0.25) is 33.3 Å². The van der Waals surface area contributed by atoms with E-state index in [0.29, 0.717) is 51.4 Å².